The van der Waals surface area contributed by atoms with Crippen molar-refractivity contribution in [3.05, 3.63) is 54.1 Å². The van der Waals surface area contributed by atoms with Gasteiger partial charge in [0, 0.05) is 29.5 Å². The molecule has 7 heteroatoms. The Balaban J connectivity index is 2.59. The largest absolute Gasteiger partial charge is 0.399 e. The summed E-state index contributed by atoms with van der Waals surface area (Å²) in [4.78, 5) is 38.5. The second-order valence-corrected chi connectivity index (χ2v) is 7.86. The van der Waals surface area contributed by atoms with Crippen molar-refractivity contribution in [2.45, 2.75) is 39.3 Å². The van der Waals surface area contributed by atoms with E-state index in [0.29, 0.717) is 22.6 Å². The van der Waals surface area contributed by atoms with Crippen molar-refractivity contribution in [1.82, 2.24) is 5.32 Å². The van der Waals surface area contributed by atoms with Crippen molar-refractivity contribution in [1.29, 1.82) is 0 Å². The molecule has 2 aromatic carbocycles. The minimum absolute atomic E-state index is 0.221. The maximum Gasteiger partial charge on any atom is 0.303 e. The van der Waals surface area contributed by atoms with Crippen LogP contribution in [0.15, 0.2) is 48.5 Å². The van der Waals surface area contributed by atoms with Crippen molar-refractivity contribution in [3.63, 3.8) is 0 Å². The molecule has 0 spiro atoms. The predicted octanol–water partition coefficient (Wildman–Crippen LogP) is 2.85. The monoisotopic (exact) mass is 406 g/mol. The van der Waals surface area contributed by atoms with Gasteiger partial charge in [-0.15, -0.1) is 6.42 Å². The van der Waals surface area contributed by atoms with Crippen LogP contribution in [0.2, 0.25) is 0 Å². The number of hydrogen-bond donors (Lipinski definition) is 3. The molecule has 2 rings (SSSR count). The number of carbonyl (C=O) groups excluding carboxylic acids is 3. The van der Waals surface area contributed by atoms with Crippen molar-refractivity contribution in [2.75, 3.05) is 16.0 Å². The Bertz CT molecular complexity index is 985. The fraction of sp³-hybridized carbons (Fsp3) is 0.261. The number of anilines is 3. The summed E-state index contributed by atoms with van der Waals surface area (Å²) in [6.07, 6.45) is 5.42. The summed E-state index contributed by atoms with van der Waals surface area (Å²) in [6.45, 7) is 6.93. The quantitative estimate of drug-likeness (QED) is 0.524. The molecule has 0 fully saturated rings. The maximum atomic E-state index is 13.2. The standard InChI is InChI=1S/C23H26N4O3/c1-6-20(29)27(19-12-10-18(11-13-19)25-15(2)28)21(22(30)26-23(3,4)5)16-8-7-9-17(24)14-16/h1,7-14,21H,24H2,2-5H3,(H,25,28)(H,26,30). The molecule has 0 bridgehead atoms. The van der Waals surface area contributed by atoms with E-state index in [2.05, 4.69) is 16.6 Å². The van der Waals surface area contributed by atoms with Crippen LogP contribution in [0, 0.1) is 12.3 Å². The number of hydrogen-bond acceptors (Lipinski definition) is 4. The second kappa shape index (κ2) is 9.14. The molecule has 0 aliphatic heterocycles. The fourth-order valence-electron chi connectivity index (χ4n) is 2.95. The van der Waals surface area contributed by atoms with Crippen LogP contribution >= 0.6 is 0 Å². The zero-order valence-electron chi connectivity index (χ0n) is 17.5. The first-order chi connectivity index (χ1) is 14.0. The molecule has 0 aromatic heterocycles. The lowest BCUT2D eigenvalue weighted by Crippen LogP contribution is -2.49. The summed E-state index contributed by atoms with van der Waals surface area (Å²) in [6, 6.07) is 12.2. The number of nitrogens with zero attached hydrogens (tertiary/aromatic N) is 1. The molecule has 3 amide bonds. The van der Waals surface area contributed by atoms with Gasteiger partial charge in [0.05, 0.1) is 0 Å². The molecule has 0 saturated carbocycles. The average Bonchev–Trinajstić information content (AvgIpc) is 2.64. The zero-order chi connectivity index (χ0) is 22.5. The second-order valence-electron chi connectivity index (χ2n) is 7.86. The van der Waals surface area contributed by atoms with E-state index in [1.165, 1.54) is 11.8 Å². The normalized spacial score (nSPS) is 11.7. The summed E-state index contributed by atoms with van der Waals surface area (Å²) in [5, 5.41) is 5.56. The van der Waals surface area contributed by atoms with Gasteiger partial charge in [0.2, 0.25) is 11.8 Å². The lowest BCUT2D eigenvalue weighted by Gasteiger charge is -2.32. The van der Waals surface area contributed by atoms with Gasteiger partial charge in [-0.05, 0) is 68.7 Å². The molecular formula is C23H26N4O3. The Hall–Kier alpha value is -3.79. The van der Waals surface area contributed by atoms with Crippen LogP contribution in [0.5, 0.6) is 0 Å². The molecule has 0 saturated heterocycles. The first-order valence-corrected chi connectivity index (χ1v) is 9.37. The van der Waals surface area contributed by atoms with E-state index in [1.807, 2.05) is 20.8 Å². The van der Waals surface area contributed by atoms with Crippen LogP contribution in [0.4, 0.5) is 17.1 Å². The molecule has 7 nitrogen and oxygen atoms in total. The number of amides is 3. The smallest absolute Gasteiger partial charge is 0.303 e. The molecule has 156 valence electrons. The van der Waals surface area contributed by atoms with Gasteiger partial charge in [-0.3, -0.25) is 19.3 Å². The van der Waals surface area contributed by atoms with E-state index in [1.54, 1.807) is 48.5 Å². The molecule has 0 heterocycles. The minimum atomic E-state index is -1.04. The zero-order valence-corrected chi connectivity index (χ0v) is 17.5. The highest BCUT2D eigenvalue weighted by Crippen LogP contribution is 2.30. The highest BCUT2D eigenvalue weighted by Gasteiger charge is 2.34. The summed E-state index contributed by atoms with van der Waals surface area (Å²) in [5.41, 5.74) is 7.32. The van der Waals surface area contributed by atoms with Crippen molar-refractivity contribution < 1.29 is 14.4 Å². The number of nitrogen functional groups attached to an aromatic ring is 1. The lowest BCUT2D eigenvalue weighted by atomic mass is 10.00. The topological polar surface area (TPSA) is 105 Å². The number of benzene rings is 2. The van der Waals surface area contributed by atoms with Crippen LogP contribution in [-0.2, 0) is 14.4 Å². The third-order valence-electron chi connectivity index (χ3n) is 4.04. The van der Waals surface area contributed by atoms with Gasteiger partial charge < -0.3 is 16.4 Å². The molecule has 0 aliphatic carbocycles. The molecule has 4 N–H and O–H groups in total. The molecular weight excluding hydrogens is 380 g/mol. The fourth-order valence-corrected chi connectivity index (χ4v) is 2.95. The summed E-state index contributed by atoms with van der Waals surface area (Å²) in [7, 11) is 0. The first-order valence-electron chi connectivity index (χ1n) is 9.37. The van der Waals surface area contributed by atoms with E-state index in [0.717, 1.165) is 0 Å². The Morgan fingerprint density at radius 3 is 2.23 bits per heavy atom. The Labute approximate surface area is 176 Å². The van der Waals surface area contributed by atoms with Gasteiger partial charge in [-0.2, -0.15) is 0 Å². The summed E-state index contributed by atoms with van der Waals surface area (Å²) in [5.74, 6) is 0.796. The molecule has 1 atom stereocenters. The van der Waals surface area contributed by atoms with Crippen molar-refractivity contribution >= 4 is 34.8 Å². The number of nitrogens with one attached hydrogen (secondary N) is 2. The Kier molecular flexibility index (Phi) is 6.85. The van der Waals surface area contributed by atoms with E-state index in [9.17, 15) is 14.4 Å². The Morgan fingerprint density at radius 1 is 1.10 bits per heavy atom. The average molecular weight is 406 g/mol. The number of terminal acetylenes is 1. The number of carbonyl (C=O) groups is 3. The predicted molar refractivity (Wildman–Crippen MR) is 119 cm³/mol. The minimum Gasteiger partial charge on any atom is -0.399 e. The third kappa shape index (κ3) is 5.85. The molecule has 0 aliphatic rings. The first kappa shape index (κ1) is 22.5. The van der Waals surface area contributed by atoms with Gasteiger partial charge in [-0.25, -0.2) is 0 Å². The maximum absolute atomic E-state index is 13.2. The summed E-state index contributed by atoms with van der Waals surface area (Å²) < 4.78 is 0. The van der Waals surface area contributed by atoms with E-state index in [4.69, 9.17) is 12.2 Å². The van der Waals surface area contributed by atoms with Gasteiger partial charge in [0.15, 0.2) is 0 Å². The van der Waals surface area contributed by atoms with Gasteiger partial charge >= 0.3 is 5.91 Å². The van der Waals surface area contributed by atoms with Crippen LogP contribution in [0.3, 0.4) is 0 Å². The molecule has 1 unspecified atom stereocenters. The number of nitrogens with two attached hydrogens (primary N) is 1. The molecule has 30 heavy (non-hydrogen) atoms. The van der Waals surface area contributed by atoms with Crippen LogP contribution in [0.25, 0.3) is 0 Å². The highest BCUT2D eigenvalue weighted by atomic mass is 16.2. The van der Waals surface area contributed by atoms with Crippen molar-refractivity contribution in [2.24, 2.45) is 0 Å². The summed E-state index contributed by atoms with van der Waals surface area (Å²) >= 11 is 0. The van der Waals surface area contributed by atoms with E-state index >= 15 is 0 Å². The van der Waals surface area contributed by atoms with Crippen molar-refractivity contribution in [3.8, 4) is 12.3 Å². The lowest BCUT2D eigenvalue weighted by molar-refractivity contribution is -0.126. The Morgan fingerprint density at radius 2 is 1.73 bits per heavy atom. The van der Waals surface area contributed by atoms with E-state index in [-0.39, 0.29) is 5.91 Å². The molecule has 0 radical (unpaired) electrons. The van der Waals surface area contributed by atoms with Crippen LogP contribution < -0.4 is 21.3 Å². The van der Waals surface area contributed by atoms with Gasteiger partial charge in [0.1, 0.15) is 6.04 Å². The van der Waals surface area contributed by atoms with Gasteiger partial charge in [0.25, 0.3) is 0 Å². The number of rotatable bonds is 5. The highest BCUT2D eigenvalue weighted by molar-refractivity contribution is 6.09. The van der Waals surface area contributed by atoms with Crippen LogP contribution in [0.1, 0.15) is 39.3 Å². The third-order valence-corrected chi connectivity index (χ3v) is 4.04. The van der Waals surface area contributed by atoms with Gasteiger partial charge in [-0.1, -0.05) is 12.1 Å². The molecule has 2 aromatic rings. The van der Waals surface area contributed by atoms with Crippen LogP contribution in [-0.4, -0.2) is 23.3 Å². The SMILES string of the molecule is C#CC(=O)N(c1ccc(NC(C)=O)cc1)C(C(=O)NC(C)(C)C)c1cccc(N)c1. The van der Waals surface area contributed by atoms with E-state index < -0.39 is 23.4 Å².